The Morgan fingerprint density at radius 2 is 2.00 bits per heavy atom. The molecule has 0 unspecified atom stereocenters. The lowest BCUT2D eigenvalue weighted by Crippen LogP contribution is -2.11. The summed E-state index contributed by atoms with van der Waals surface area (Å²) in [6.45, 7) is 0.244. The molecule has 7 nitrogen and oxygen atoms in total. The summed E-state index contributed by atoms with van der Waals surface area (Å²) in [4.78, 5) is 15.2. The lowest BCUT2D eigenvalue weighted by molar-refractivity contribution is 0.174. The van der Waals surface area contributed by atoms with Gasteiger partial charge in [0.25, 0.3) is 0 Å². The molecule has 3 rings (SSSR count). The molecule has 2 heterocycles. The maximum absolute atomic E-state index is 11.1. The Labute approximate surface area is 120 Å². The zero-order valence-electron chi connectivity index (χ0n) is 11.3. The summed E-state index contributed by atoms with van der Waals surface area (Å²) < 4.78 is 15.1. The number of nitrogens with zero attached hydrogens (tertiary/aromatic N) is 1. The standard InChI is InChI=1S/C14H13N3O4/c1-19-14(18)17-13-5-3-10(7-15-13)16-9-2-4-11-12(6-9)21-8-20-11/h2-7,16H,8H2,1H3,(H,15,17,18). The van der Waals surface area contributed by atoms with Crippen molar-refractivity contribution in [1.82, 2.24) is 4.98 Å². The molecule has 2 N–H and O–H groups in total. The van der Waals surface area contributed by atoms with Crippen LogP contribution in [0.3, 0.4) is 0 Å². The highest BCUT2D eigenvalue weighted by molar-refractivity contribution is 5.83. The molecule has 108 valence electrons. The van der Waals surface area contributed by atoms with Crippen LogP contribution in [0.25, 0.3) is 0 Å². The van der Waals surface area contributed by atoms with E-state index in [9.17, 15) is 4.79 Å². The minimum Gasteiger partial charge on any atom is -0.454 e. The van der Waals surface area contributed by atoms with Gasteiger partial charge in [-0.3, -0.25) is 5.32 Å². The number of aromatic nitrogens is 1. The second-order valence-corrected chi connectivity index (χ2v) is 4.24. The molecule has 0 atom stereocenters. The molecule has 0 radical (unpaired) electrons. The number of hydrogen-bond donors (Lipinski definition) is 2. The summed E-state index contributed by atoms with van der Waals surface area (Å²) >= 11 is 0. The van der Waals surface area contributed by atoms with Crippen LogP contribution in [0.2, 0.25) is 0 Å². The number of fused-ring (bicyclic) bond motifs is 1. The molecule has 0 spiro atoms. The third-order valence-corrected chi connectivity index (χ3v) is 2.84. The van der Waals surface area contributed by atoms with Crippen molar-refractivity contribution < 1.29 is 19.0 Å². The van der Waals surface area contributed by atoms with Crippen LogP contribution >= 0.6 is 0 Å². The smallest absolute Gasteiger partial charge is 0.412 e. The van der Waals surface area contributed by atoms with Crippen molar-refractivity contribution >= 4 is 23.3 Å². The zero-order chi connectivity index (χ0) is 14.7. The first-order chi connectivity index (χ1) is 10.2. The fourth-order valence-electron chi connectivity index (χ4n) is 1.84. The van der Waals surface area contributed by atoms with Gasteiger partial charge in [0.1, 0.15) is 5.82 Å². The molecule has 21 heavy (non-hydrogen) atoms. The number of benzene rings is 1. The van der Waals surface area contributed by atoms with E-state index in [4.69, 9.17) is 9.47 Å². The molecule has 1 aliphatic heterocycles. The number of methoxy groups -OCH3 is 1. The first-order valence-corrected chi connectivity index (χ1v) is 6.22. The molecule has 0 bridgehead atoms. The van der Waals surface area contributed by atoms with Crippen LogP contribution < -0.4 is 20.1 Å². The van der Waals surface area contributed by atoms with Crippen molar-refractivity contribution in [3.05, 3.63) is 36.5 Å². The summed E-state index contributed by atoms with van der Waals surface area (Å²) in [7, 11) is 1.30. The van der Waals surface area contributed by atoms with Crippen LogP contribution in [0, 0.1) is 0 Å². The number of nitrogens with one attached hydrogen (secondary N) is 2. The number of carbonyl (C=O) groups is 1. The number of ether oxygens (including phenoxy) is 3. The van der Waals surface area contributed by atoms with Crippen molar-refractivity contribution in [3.8, 4) is 11.5 Å². The normalized spacial score (nSPS) is 11.9. The van der Waals surface area contributed by atoms with E-state index in [1.54, 1.807) is 18.3 Å². The minimum atomic E-state index is -0.556. The number of pyridine rings is 1. The fourth-order valence-corrected chi connectivity index (χ4v) is 1.84. The van der Waals surface area contributed by atoms with Crippen LogP contribution in [-0.4, -0.2) is 25.0 Å². The van der Waals surface area contributed by atoms with Crippen LogP contribution in [0.1, 0.15) is 0 Å². The average molecular weight is 287 g/mol. The van der Waals surface area contributed by atoms with Crippen molar-refractivity contribution in [1.29, 1.82) is 0 Å². The van der Waals surface area contributed by atoms with E-state index < -0.39 is 6.09 Å². The molecule has 1 aromatic carbocycles. The summed E-state index contributed by atoms with van der Waals surface area (Å²) in [5.41, 5.74) is 1.64. The Hall–Kier alpha value is -2.96. The summed E-state index contributed by atoms with van der Waals surface area (Å²) in [6, 6.07) is 9.04. The van der Waals surface area contributed by atoms with Gasteiger partial charge in [0.05, 0.1) is 19.0 Å². The van der Waals surface area contributed by atoms with E-state index in [1.165, 1.54) is 7.11 Å². The number of rotatable bonds is 3. The molecule has 1 amide bonds. The van der Waals surface area contributed by atoms with Crippen molar-refractivity contribution in [2.45, 2.75) is 0 Å². The largest absolute Gasteiger partial charge is 0.454 e. The highest BCUT2D eigenvalue weighted by atomic mass is 16.7. The molecule has 2 aromatic rings. The topological polar surface area (TPSA) is 81.7 Å². The van der Waals surface area contributed by atoms with E-state index in [2.05, 4.69) is 20.4 Å². The third kappa shape index (κ3) is 2.97. The molecular formula is C14H13N3O4. The Morgan fingerprint density at radius 3 is 2.76 bits per heavy atom. The Bertz CT molecular complexity index is 658. The third-order valence-electron chi connectivity index (χ3n) is 2.84. The van der Waals surface area contributed by atoms with Gasteiger partial charge in [-0.15, -0.1) is 0 Å². The van der Waals surface area contributed by atoms with Crippen LogP contribution in [-0.2, 0) is 4.74 Å². The van der Waals surface area contributed by atoms with Gasteiger partial charge in [0, 0.05) is 11.8 Å². The number of anilines is 3. The van der Waals surface area contributed by atoms with Crippen LogP contribution in [0.15, 0.2) is 36.5 Å². The first kappa shape index (κ1) is 13.0. The Balaban J connectivity index is 1.69. The maximum atomic E-state index is 11.1. The van der Waals surface area contributed by atoms with Gasteiger partial charge in [-0.2, -0.15) is 0 Å². The highest BCUT2D eigenvalue weighted by Gasteiger charge is 2.13. The van der Waals surface area contributed by atoms with Gasteiger partial charge in [-0.25, -0.2) is 9.78 Å². The first-order valence-electron chi connectivity index (χ1n) is 6.22. The molecule has 7 heteroatoms. The number of hydrogen-bond acceptors (Lipinski definition) is 6. The summed E-state index contributed by atoms with van der Waals surface area (Å²) in [5.74, 6) is 1.85. The predicted octanol–water partition coefficient (Wildman–Crippen LogP) is 2.73. The van der Waals surface area contributed by atoms with Crippen molar-refractivity contribution in [3.63, 3.8) is 0 Å². The molecule has 0 fully saturated rings. The quantitative estimate of drug-likeness (QED) is 0.903. The number of amides is 1. The van der Waals surface area contributed by atoms with Gasteiger partial charge >= 0.3 is 6.09 Å². The summed E-state index contributed by atoms with van der Waals surface area (Å²) in [6.07, 6.45) is 1.05. The Kier molecular flexibility index (Phi) is 3.46. The average Bonchev–Trinajstić information content (AvgIpc) is 2.96. The van der Waals surface area contributed by atoms with E-state index in [-0.39, 0.29) is 6.79 Å². The summed E-state index contributed by atoms with van der Waals surface area (Å²) in [5, 5.41) is 5.67. The van der Waals surface area contributed by atoms with Gasteiger partial charge in [0.15, 0.2) is 11.5 Å². The fraction of sp³-hybridized carbons (Fsp3) is 0.143. The van der Waals surface area contributed by atoms with E-state index in [0.717, 1.165) is 17.1 Å². The molecular weight excluding hydrogens is 274 g/mol. The lowest BCUT2D eigenvalue weighted by atomic mass is 10.2. The van der Waals surface area contributed by atoms with E-state index >= 15 is 0 Å². The van der Waals surface area contributed by atoms with E-state index in [0.29, 0.717) is 11.6 Å². The zero-order valence-corrected chi connectivity index (χ0v) is 11.3. The van der Waals surface area contributed by atoms with Gasteiger partial charge in [0.2, 0.25) is 6.79 Å². The molecule has 0 saturated carbocycles. The molecule has 0 saturated heterocycles. The minimum absolute atomic E-state index is 0.244. The lowest BCUT2D eigenvalue weighted by Gasteiger charge is -2.08. The van der Waals surface area contributed by atoms with Crippen LogP contribution in [0.4, 0.5) is 22.0 Å². The van der Waals surface area contributed by atoms with Gasteiger partial charge in [-0.05, 0) is 24.3 Å². The van der Waals surface area contributed by atoms with Gasteiger partial charge in [-0.1, -0.05) is 0 Å². The second kappa shape index (κ2) is 5.58. The monoisotopic (exact) mass is 287 g/mol. The van der Waals surface area contributed by atoms with Crippen molar-refractivity contribution in [2.24, 2.45) is 0 Å². The predicted molar refractivity (Wildman–Crippen MR) is 76.1 cm³/mol. The maximum Gasteiger partial charge on any atom is 0.412 e. The van der Waals surface area contributed by atoms with Crippen molar-refractivity contribution in [2.75, 3.05) is 24.5 Å². The molecule has 1 aromatic heterocycles. The molecule has 0 aliphatic carbocycles. The van der Waals surface area contributed by atoms with Gasteiger partial charge < -0.3 is 19.5 Å². The van der Waals surface area contributed by atoms with E-state index in [1.807, 2.05) is 18.2 Å². The van der Waals surface area contributed by atoms with Crippen LogP contribution in [0.5, 0.6) is 11.5 Å². The SMILES string of the molecule is COC(=O)Nc1ccc(Nc2ccc3c(c2)OCO3)cn1. The number of carbonyl (C=O) groups excluding carboxylic acids is 1. The second-order valence-electron chi connectivity index (χ2n) is 4.24. The highest BCUT2D eigenvalue weighted by Crippen LogP contribution is 2.35. The molecule has 1 aliphatic rings. The Morgan fingerprint density at radius 1 is 1.19 bits per heavy atom.